The molecule has 2 saturated heterocycles. The molecule has 3 atom stereocenters. The highest BCUT2D eigenvalue weighted by Crippen LogP contribution is 2.52. The first-order chi connectivity index (χ1) is 7.68. The molecule has 0 aromatic rings. The van der Waals surface area contributed by atoms with Crippen molar-refractivity contribution in [3.8, 4) is 0 Å². The Balaban J connectivity index is 2.02. The first kappa shape index (κ1) is 10.3. The van der Waals surface area contributed by atoms with Crippen molar-refractivity contribution in [2.45, 2.75) is 51.5 Å². The maximum atomic E-state index is 11.9. The van der Waals surface area contributed by atoms with E-state index in [1.165, 1.54) is 6.42 Å². The topological polar surface area (TPSA) is 37.4 Å². The van der Waals surface area contributed by atoms with Gasteiger partial charge in [0.2, 0.25) is 5.91 Å². The molecule has 0 N–H and O–H groups in total. The first-order valence-electron chi connectivity index (χ1n) is 6.50. The molecule has 0 radical (unpaired) electrons. The number of rotatable bonds is 1. The van der Waals surface area contributed by atoms with Crippen LogP contribution in [-0.2, 0) is 9.59 Å². The van der Waals surface area contributed by atoms with E-state index in [-0.39, 0.29) is 23.3 Å². The van der Waals surface area contributed by atoms with Crippen LogP contribution in [-0.4, -0.2) is 29.2 Å². The summed E-state index contributed by atoms with van der Waals surface area (Å²) >= 11 is 0. The van der Waals surface area contributed by atoms with Gasteiger partial charge in [-0.15, -0.1) is 0 Å². The van der Waals surface area contributed by atoms with Crippen LogP contribution < -0.4 is 0 Å². The summed E-state index contributed by atoms with van der Waals surface area (Å²) in [6, 6.07) is 0.250. The number of hydrogen-bond acceptors (Lipinski definition) is 2. The molecule has 0 bridgehead atoms. The van der Waals surface area contributed by atoms with E-state index in [1.807, 2.05) is 4.90 Å². The SMILES string of the molecule is CC[C@]12CCCN3C(=O)C[C@H](C(=O)CC1)[C@@H]32. The molecule has 1 saturated carbocycles. The number of piperidine rings is 1. The van der Waals surface area contributed by atoms with Gasteiger partial charge in [0.15, 0.2) is 0 Å². The van der Waals surface area contributed by atoms with Crippen molar-refractivity contribution in [2.24, 2.45) is 11.3 Å². The molecule has 1 amide bonds. The van der Waals surface area contributed by atoms with Gasteiger partial charge < -0.3 is 4.90 Å². The molecule has 2 aliphatic heterocycles. The molecule has 0 spiro atoms. The lowest BCUT2D eigenvalue weighted by atomic mass is 9.61. The average Bonchev–Trinajstić information content (AvgIpc) is 2.65. The van der Waals surface area contributed by atoms with E-state index in [0.717, 1.165) is 25.8 Å². The molecule has 0 unspecified atom stereocenters. The number of carbonyl (C=O) groups excluding carboxylic acids is 2. The zero-order chi connectivity index (χ0) is 11.3. The third-order valence-corrected chi connectivity index (χ3v) is 5.12. The normalized spacial score (nSPS) is 42.4. The van der Waals surface area contributed by atoms with E-state index in [2.05, 4.69) is 6.92 Å². The van der Waals surface area contributed by atoms with Gasteiger partial charge in [-0.3, -0.25) is 9.59 Å². The third kappa shape index (κ3) is 1.14. The Morgan fingerprint density at radius 1 is 1.38 bits per heavy atom. The first-order valence-corrected chi connectivity index (χ1v) is 6.50. The number of hydrogen-bond donors (Lipinski definition) is 0. The quantitative estimate of drug-likeness (QED) is 0.676. The molecule has 0 aromatic heterocycles. The Morgan fingerprint density at radius 3 is 2.94 bits per heavy atom. The number of nitrogens with zero attached hydrogens (tertiary/aromatic N) is 1. The van der Waals surface area contributed by atoms with Gasteiger partial charge >= 0.3 is 0 Å². The maximum Gasteiger partial charge on any atom is 0.223 e. The number of Topliss-reactive ketones (excluding diaryl/α,β-unsaturated/α-hetero) is 1. The second kappa shape index (κ2) is 3.31. The van der Waals surface area contributed by atoms with Crippen molar-refractivity contribution in [2.75, 3.05) is 6.54 Å². The zero-order valence-electron chi connectivity index (χ0n) is 9.87. The van der Waals surface area contributed by atoms with E-state index in [4.69, 9.17) is 0 Å². The van der Waals surface area contributed by atoms with Crippen LogP contribution in [0.1, 0.15) is 45.4 Å². The Hall–Kier alpha value is -0.860. The minimum atomic E-state index is 0.0292. The van der Waals surface area contributed by atoms with Gasteiger partial charge in [0, 0.05) is 31.3 Å². The van der Waals surface area contributed by atoms with E-state index >= 15 is 0 Å². The molecular weight excluding hydrogens is 202 g/mol. The Morgan fingerprint density at radius 2 is 2.19 bits per heavy atom. The van der Waals surface area contributed by atoms with Gasteiger partial charge in [0.1, 0.15) is 5.78 Å². The van der Waals surface area contributed by atoms with Gasteiger partial charge in [-0.25, -0.2) is 0 Å². The summed E-state index contributed by atoms with van der Waals surface area (Å²) in [5.74, 6) is 0.594. The summed E-state index contributed by atoms with van der Waals surface area (Å²) < 4.78 is 0. The van der Waals surface area contributed by atoms with Gasteiger partial charge in [-0.05, 0) is 31.1 Å². The molecule has 3 heteroatoms. The minimum absolute atomic E-state index is 0.0292. The van der Waals surface area contributed by atoms with Crippen LogP contribution in [0.5, 0.6) is 0 Å². The van der Waals surface area contributed by atoms with Crippen LogP contribution in [0.15, 0.2) is 0 Å². The van der Waals surface area contributed by atoms with E-state index < -0.39 is 0 Å². The van der Waals surface area contributed by atoms with Crippen LogP contribution in [0.2, 0.25) is 0 Å². The monoisotopic (exact) mass is 221 g/mol. The Bertz CT molecular complexity index is 352. The summed E-state index contributed by atoms with van der Waals surface area (Å²) in [7, 11) is 0. The molecule has 16 heavy (non-hydrogen) atoms. The molecule has 3 rings (SSSR count). The van der Waals surface area contributed by atoms with Crippen molar-refractivity contribution in [1.29, 1.82) is 0 Å². The molecule has 0 aromatic carbocycles. The molecule has 3 fully saturated rings. The lowest BCUT2D eigenvalue weighted by Crippen LogP contribution is -2.55. The fraction of sp³-hybridized carbons (Fsp3) is 0.846. The van der Waals surface area contributed by atoms with Crippen molar-refractivity contribution in [3.05, 3.63) is 0 Å². The minimum Gasteiger partial charge on any atom is -0.338 e. The molecule has 1 aliphatic carbocycles. The average molecular weight is 221 g/mol. The van der Waals surface area contributed by atoms with Crippen molar-refractivity contribution < 1.29 is 9.59 Å². The van der Waals surface area contributed by atoms with Crippen LogP contribution in [0.4, 0.5) is 0 Å². The van der Waals surface area contributed by atoms with Crippen LogP contribution in [0.3, 0.4) is 0 Å². The summed E-state index contributed by atoms with van der Waals surface area (Å²) in [6.45, 7) is 3.11. The van der Waals surface area contributed by atoms with E-state index in [9.17, 15) is 9.59 Å². The van der Waals surface area contributed by atoms with Crippen LogP contribution in [0, 0.1) is 11.3 Å². The van der Waals surface area contributed by atoms with Crippen molar-refractivity contribution in [3.63, 3.8) is 0 Å². The van der Waals surface area contributed by atoms with Gasteiger partial charge in [-0.2, -0.15) is 0 Å². The van der Waals surface area contributed by atoms with E-state index in [1.54, 1.807) is 0 Å². The van der Waals surface area contributed by atoms with Gasteiger partial charge in [0.25, 0.3) is 0 Å². The predicted octanol–water partition coefficient (Wildman–Crippen LogP) is 1.76. The molecular formula is C13H19NO2. The predicted molar refractivity (Wildman–Crippen MR) is 59.8 cm³/mol. The van der Waals surface area contributed by atoms with Crippen LogP contribution in [0.25, 0.3) is 0 Å². The molecule has 3 nitrogen and oxygen atoms in total. The summed E-state index contributed by atoms with van der Waals surface area (Å²) in [5.41, 5.74) is 0.267. The second-order valence-electron chi connectivity index (χ2n) is 5.63. The van der Waals surface area contributed by atoms with Gasteiger partial charge in [-0.1, -0.05) is 6.92 Å². The maximum absolute atomic E-state index is 11.9. The third-order valence-electron chi connectivity index (χ3n) is 5.12. The van der Waals surface area contributed by atoms with Crippen molar-refractivity contribution in [1.82, 2.24) is 4.90 Å². The van der Waals surface area contributed by atoms with Gasteiger partial charge in [0.05, 0.1) is 0 Å². The highest BCUT2D eigenvalue weighted by molar-refractivity contribution is 5.92. The zero-order valence-corrected chi connectivity index (χ0v) is 9.87. The Labute approximate surface area is 96.2 Å². The molecule has 3 aliphatic rings. The number of carbonyl (C=O) groups is 2. The van der Waals surface area contributed by atoms with Crippen molar-refractivity contribution >= 4 is 11.7 Å². The second-order valence-corrected chi connectivity index (χ2v) is 5.63. The summed E-state index contributed by atoms with van der Waals surface area (Å²) in [4.78, 5) is 25.9. The summed E-state index contributed by atoms with van der Waals surface area (Å²) in [5, 5.41) is 0. The highest BCUT2D eigenvalue weighted by Gasteiger charge is 2.57. The smallest absolute Gasteiger partial charge is 0.223 e. The number of ketones is 1. The molecule has 2 heterocycles. The lowest BCUT2D eigenvalue weighted by molar-refractivity contribution is -0.137. The highest BCUT2D eigenvalue weighted by atomic mass is 16.2. The van der Waals surface area contributed by atoms with Crippen LogP contribution >= 0.6 is 0 Å². The lowest BCUT2D eigenvalue weighted by Gasteiger charge is -2.51. The summed E-state index contributed by atoms with van der Waals surface area (Å²) in [6.07, 6.45) is 5.65. The molecule has 88 valence electrons. The largest absolute Gasteiger partial charge is 0.338 e. The van der Waals surface area contributed by atoms with E-state index in [0.29, 0.717) is 18.6 Å². The standard InChI is InChI=1S/C13H19NO2/c1-2-13-5-3-7-14-11(16)8-9(12(13)14)10(15)4-6-13/h9,12H,2-8H2,1H3/t9-,12-,13+/m1/s1. The fourth-order valence-electron chi connectivity index (χ4n) is 4.24. The fourth-order valence-corrected chi connectivity index (χ4v) is 4.24. The Kier molecular flexibility index (Phi) is 2.13. The number of amides is 1.